The first-order chi connectivity index (χ1) is 13.1. The molecule has 4 aliphatic rings. The van der Waals surface area contributed by atoms with Crippen LogP contribution in [0.1, 0.15) is 50.2 Å². The first kappa shape index (κ1) is 17.2. The number of aliphatic hydroxyl groups is 1. The van der Waals surface area contributed by atoms with Gasteiger partial charge in [0, 0.05) is 18.9 Å². The Labute approximate surface area is 159 Å². The average Bonchev–Trinajstić information content (AvgIpc) is 3.31. The monoisotopic (exact) mass is 370 g/mol. The van der Waals surface area contributed by atoms with E-state index in [1.165, 1.54) is 0 Å². The minimum atomic E-state index is -0.651. The molecule has 144 valence electrons. The zero-order valence-electron chi connectivity index (χ0n) is 15.4. The summed E-state index contributed by atoms with van der Waals surface area (Å²) >= 11 is 0. The van der Waals surface area contributed by atoms with Crippen LogP contribution in [0, 0.1) is 5.92 Å². The van der Waals surface area contributed by atoms with Crippen LogP contribution in [0.3, 0.4) is 0 Å². The van der Waals surface area contributed by atoms with Gasteiger partial charge in [-0.2, -0.15) is 0 Å². The largest absolute Gasteiger partial charge is 0.393 e. The normalized spacial score (nSPS) is 38.2. The first-order valence-corrected chi connectivity index (χ1v) is 10.1. The fourth-order valence-corrected chi connectivity index (χ4v) is 5.49. The lowest BCUT2D eigenvalue weighted by Crippen LogP contribution is -2.50. The Kier molecular flexibility index (Phi) is 4.02. The summed E-state index contributed by atoms with van der Waals surface area (Å²) in [5, 5.41) is 9.72. The Morgan fingerprint density at radius 2 is 1.89 bits per heavy atom. The molecule has 3 aliphatic heterocycles. The maximum atomic E-state index is 13.2. The van der Waals surface area contributed by atoms with Crippen LogP contribution in [0.5, 0.6) is 0 Å². The van der Waals surface area contributed by atoms with Gasteiger partial charge in [0.25, 0.3) is 0 Å². The van der Waals surface area contributed by atoms with E-state index in [9.17, 15) is 14.7 Å². The van der Waals surface area contributed by atoms with Crippen molar-refractivity contribution in [1.82, 2.24) is 9.80 Å². The summed E-state index contributed by atoms with van der Waals surface area (Å²) in [6.45, 7) is 1.21. The van der Waals surface area contributed by atoms with Gasteiger partial charge in [-0.3, -0.25) is 9.59 Å². The van der Waals surface area contributed by atoms with Gasteiger partial charge in [0.05, 0.1) is 25.1 Å². The van der Waals surface area contributed by atoms with Crippen LogP contribution in [0.15, 0.2) is 30.3 Å². The number of rotatable bonds is 2. The number of ether oxygens (including phenoxy) is 1. The van der Waals surface area contributed by atoms with Crippen molar-refractivity contribution in [3.05, 3.63) is 35.9 Å². The molecule has 1 aliphatic carbocycles. The molecule has 3 saturated heterocycles. The molecular weight excluding hydrogens is 344 g/mol. The van der Waals surface area contributed by atoms with Crippen molar-refractivity contribution in [3.8, 4) is 0 Å². The Morgan fingerprint density at radius 1 is 1.15 bits per heavy atom. The molecule has 6 heteroatoms. The van der Waals surface area contributed by atoms with Gasteiger partial charge in [0.15, 0.2) is 5.72 Å². The zero-order valence-corrected chi connectivity index (χ0v) is 15.4. The molecule has 4 fully saturated rings. The van der Waals surface area contributed by atoms with Crippen molar-refractivity contribution < 1.29 is 19.4 Å². The number of carbonyl (C=O) groups excluding carboxylic acids is 2. The van der Waals surface area contributed by atoms with E-state index in [-0.39, 0.29) is 36.0 Å². The molecular formula is C21H26N2O4. The number of likely N-dealkylation sites (tertiary alicyclic amines) is 1. The minimum absolute atomic E-state index is 0.0287. The summed E-state index contributed by atoms with van der Waals surface area (Å²) in [5.74, 6) is 0.208. The lowest BCUT2D eigenvalue weighted by atomic mass is 9.86. The van der Waals surface area contributed by atoms with Crippen LogP contribution >= 0.6 is 0 Å². The molecule has 27 heavy (non-hydrogen) atoms. The van der Waals surface area contributed by atoms with Crippen LogP contribution in [-0.2, 0) is 14.3 Å². The van der Waals surface area contributed by atoms with E-state index >= 15 is 0 Å². The van der Waals surface area contributed by atoms with Gasteiger partial charge in [0.2, 0.25) is 11.8 Å². The van der Waals surface area contributed by atoms with Crippen molar-refractivity contribution in [3.63, 3.8) is 0 Å². The van der Waals surface area contributed by atoms with Crippen molar-refractivity contribution >= 4 is 11.8 Å². The van der Waals surface area contributed by atoms with E-state index < -0.39 is 5.72 Å². The number of carbonyl (C=O) groups is 2. The molecule has 0 radical (unpaired) electrons. The first-order valence-electron chi connectivity index (χ1n) is 10.1. The van der Waals surface area contributed by atoms with E-state index in [0.717, 1.165) is 18.4 Å². The predicted molar refractivity (Wildman–Crippen MR) is 97.4 cm³/mol. The smallest absolute Gasteiger partial charge is 0.227 e. The van der Waals surface area contributed by atoms with E-state index in [1.807, 2.05) is 40.1 Å². The van der Waals surface area contributed by atoms with Crippen LogP contribution in [0.25, 0.3) is 0 Å². The lowest BCUT2D eigenvalue weighted by molar-refractivity contribution is -0.146. The third-order valence-electron chi connectivity index (χ3n) is 6.93. The van der Waals surface area contributed by atoms with Gasteiger partial charge in [0.1, 0.15) is 6.10 Å². The van der Waals surface area contributed by atoms with Gasteiger partial charge < -0.3 is 19.6 Å². The van der Waals surface area contributed by atoms with Gasteiger partial charge in [-0.1, -0.05) is 30.3 Å². The second-order valence-electron chi connectivity index (χ2n) is 8.37. The standard InChI is InChI=1S/C21H26N2O4/c24-16-8-6-15(7-9-16)20(26)22-11-10-21-18(22)12-19(25)23(21)13-17(27-21)14-4-2-1-3-5-14/h1-5,15-18,24H,6-13H2/t15?,16?,17-,18-,21+/m1/s1. The van der Waals surface area contributed by atoms with Crippen LogP contribution in [0.2, 0.25) is 0 Å². The highest BCUT2D eigenvalue weighted by atomic mass is 16.5. The third-order valence-corrected chi connectivity index (χ3v) is 6.93. The summed E-state index contributed by atoms with van der Waals surface area (Å²) in [6.07, 6.45) is 3.51. The number of amides is 2. The Hall–Kier alpha value is -1.92. The van der Waals surface area contributed by atoms with Crippen molar-refractivity contribution in [2.24, 2.45) is 5.92 Å². The summed E-state index contributed by atoms with van der Waals surface area (Å²) in [6, 6.07) is 9.84. The van der Waals surface area contributed by atoms with E-state index in [1.54, 1.807) is 0 Å². The Balaban J connectivity index is 1.37. The van der Waals surface area contributed by atoms with Gasteiger partial charge >= 0.3 is 0 Å². The molecule has 3 heterocycles. The summed E-state index contributed by atoms with van der Waals surface area (Å²) in [4.78, 5) is 29.6. The molecule has 5 rings (SSSR count). The average molecular weight is 370 g/mol. The molecule has 1 spiro atoms. The highest BCUT2D eigenvalue weighted by molar-refractivity contribution is 5.85. The van der Waals surface area contributed by atoms with Gasteiger partial charge in [-0.05, 0) is 31.2 Å². The highest BCUT2D eigenvalue weighted by Gasteiger charge is 2.65. The molecule has 1 saturated carbocycles. The fourth-order valence-electron chi connectivity index (χ4n) is 5.49. The lowest BCUT2D eigenvalue weighted by Gasteiger charge is -2.34. The van der Waals surface area contributed by atoms with Crippen molar-refractivity contribution in [1.29, 1.82) is 0 Å². The fraction of sp³-hybridized carbons (Fsp3) is 0.619. The van der Waals surface area contributed by atoms with Crippen molar-refractivity contribution in [2.45, 2.75) is 62.5 Å². The second-order valence-corrected chi connectivity index (χ2v) is 8.37. The van der Waals surface area contributed by atoms with E-state index in [0.29, 0.717) is 38.8 Å². The van der Waals surface area contributed by atoms with E-state index in [4.69, 9.17) is 4.74 Å². The maximum Gasteiger partial charge on any atom is 0.227 e. The number of hydrogen-bond acceptors (Lipinski definition) is 4. The Bertz CT molecular complexity index is 746. The molecule has 1 aromatic rings. The molecule has 1 aromatic carbocycles. The van der Waals surface area contributed by atoms with E-state index in [2.05, 4.69) is 0 Å². The summed E-state index contributed by atoms with van der Waals surface area (Å²) < 4.78 is 6.51. The van der Waals surface area contributed by atoms with Gasteiger partial charge in [-0.15, -0.1) is 0 Å². The van der Waals surface area contributed by atoms with Crippen LogP contribution < -0.4 is 0 Å². The number of nitrogens with zero attached hydrogens (tertiary/aromatic N) is 2. The minimum Gasteiger partial charge on any atom is -0.393 e. The van der Waals surface area contributed by atoms with Crippen molar-refractivity contribution in [2.75, 3.05) is 13.1 Å². The van der Waals surface area contributed by atoms with Crippen LogP contribution in [-0.4, -0.2) is 57.7 Å². The number of aliphatic hydroxyl groups excluding tert-OH is 1. The molecule has 0 bridgehead atoms. The third kappa shape index (κ3) is 2.61. The number of hydrogen-bond donors (Lipinski definition) is 1. The maximum absolute atomic E-state index is 13.2. The Morgan fingerprint density at radius 3 is 2.63 bits per heavy atom. The zero-order chi connectivity index (χ0) is 18.6. The molecule has 0 aromatic heterocycles. The summed E-state index contributed by atoms with van der Waals surface area (Å²) in [7, 11) is 0. The van der Waals surface area contributed by atoms with Gasteiger partial charge in [-0.25, -0.2) is 0 Å². The predicted octanol–water partition coefficient (Wildman–Crippen LogP) is 1.84. The number of benzene rings is 1. The summed E-state index contributed by atoms with van der Waals surface area (Å²) in [5.41, 5.74) is 0.431. The highest BCUT2D eigenvalue weighted by Crippen LogP contribution is 2.51. The molecule has 6 nitrogen and oxygen atoms in total. The van der Waals surface area contributed by atoms with Crippen LogP contribution in [0.4, 0.5) is 0 Å². The SMILES string of the molecule is O=C(C1CCC(O)CC1)N1CC[C@@]23O[C@@H](c4ccccc4)CN2C(=O)C[C@@H]13. The molecule has 0 unspecified atom stereocenters. The molecule has 2 amide bonds. The topological polar surface area (TPSA) is 70.1 Å². The second kappa shape index (κ2) is 6.31. The quantitative estimate of drug-likeness (QED) is 0.862. The molecule has 1 N–H and O–H groups in total. The molecule has 3 atom stereocenters.